The lowest BCUT2D eigenvalue weighted by Crippen LogP contribution is -2.20. The molecule has 0 aliphatic rings. The molecule has 0 aliphatic carbocycles. The third-order valence-corrected chi connectivity index (χ3v) is 5.86. The smallest absolute Gasteiger partial charge is 0.435 e. The van der Waals surface area contributed by atoms with Crippen LogP contribution in [-0.2, 0) is 12.7 Å². The van der Waals surface area contributed by atoms with E-state index in [1.165, 1.54) is 18.2 Å². The molecule has 37 heavy (non-hydrogen) atoms. The van der Waals surface area contributed by atoms with Crippen molar-refractivity contribution >= 4 is 29.3 Å². The Bertz CT molecular complexity index is 1420. The van der Waals surface area contributed by atoms with Gasteiger partial charge in [-0.25, -0.2) is 9.48 Å². The summed E-state index contributed by atoms with van der Waals surface area (Å²) in [4.78, 5) is 23.9. The summed E-state index contributed by atoms with van der Waals surface area (Å²) in [6.07, 6.45) is -6.04. The first-order valence-electron chi connectivity index (χ1n) is 11.0. The van der Waals surface area contributed by atoms with Crippen molar-refractivity contribution in [3.8, 4) is 5.69 Å². The molecule has 7 nitrogen and oxygen atoms in total. The quantitative estimate of drug-likeness (QED) is 0.247. The van der Waals surface area contributed by atoms with Gasteiger partial charge in [0, 0.05) is 18.3 Å². The Morgan fingerprint density at radius 3 is 2.35 bits per heavy atom. The van der Waals surface area contributed by atoms with Crippen LogP contribution >= 0.6 is 11.6 Å². The van der Waals surface area contributed by atoms with Crippen LogP contribution in [0, 0.1) is 0 Å². The molecule has 4 aromatic rings. The zero-order valence-corrected chi connectivity index (χ0v) is 19.8. The Labute approximate surface area is 214 Å². The topological polar surface area (TPSA) is 96.2 Å². The van der Waals surface area contributed by atoms with Crippen molar-refractivity contribution in [3.63, 3.8) is 0 Å². The number of amides is 2. The number of carbonyl (C=O) groups is 2. The Balaban J connectivity index is 1.64. The second kappa shape index (κ2) is 10.8. The molecular formula is C26H20ClF3N4O3. The Kier molecular flexibility index (Phi) is 7.49. The van der Waals surface area contributed by atoms with Gasteiger partial charge in [-0.2, -0.15) is 18.3 Å². The highest BCUT2D eigenvalue weighted by Crippen LogP contribution is 2.32. The standard InChI is InChI=1S/C26H20ClF3N4O3/c27-23(17-7-2-1-3-8-17)18-9-5-10-19(13-18)32-24(35)21-14-22(26(28,29)30)33-34(21)20-11-4-6-16(12-20)15-31-25(36)37/h1-14,23,31H,15H2,(H,32,35)(H,36,37). The fraction of sp³-hybridized carbons (Fsp3) is 0.115. The van der Waals surface area contributed by atoms with Crippen LogP contribution in [0.3, 0.4) is 0 Å². The van der Waals surface area contributed by atoms with E-state index < -0.39 is 29.2 Å². The molecule has 190 valence electrons. The molecule has 0 radical (unpaired) electrons. The van der Waals surface area contributed by atoms with E-state index in [1.807, 2.05) is 30.3 Å². The van der Waals surface area contributed by atoms with Crippen molar-refractivity contribution in [2.75, 3.05) is 5.32 Å². The Morgan fingerprint density at radius 2 is 1.65 bits per heavy atom. The molecule has 1 heterocycles. The molecule has 0 aliphatic heterocycles. The third-order valence-electron chi connectivity index (χ3n) is 5.36. The normalized spacial score (nSPS) is 12.1. The number of hydrogen-bond donors (Lipinski definition) is 3. The second-order valence-corrected chi connectivity index (χ2v) is 8.44. The summed E-state index contributed by atoms with van der Waals surface area (Å²) in [5, 5.41) is 16.7. The van der Waals surface area contributed by atoms with E-state index in [4.69, 9.17) is 16.7 Å². The van der Waals surface area contributed by atoms with Gasteiger partial charge >= 0.3 is 12.3 Å². The lowest BCUT2D eigenvalue weighted by Gasteiger charge is -2.13. The molecule has 1 atom stereocenters. The highest BCUT2D eigenvalue weighted by molar-refractivity contribution is 6.22. The minimum Gasteiger partial charge on any atom is -0.465 e. The minimum absolute atomic E-state index is 0.0775. The maximum absolute atomic E-state index is 13.5. The van der Waals surface area contributed by atoms with Crippen molar-refractivity contribution in [3.05, 3.63) is 113 Å². The summed E-state index contributed by atoms with van der Waals surface area (Å²) < 4.78 is 41.3. The van der Waals surface area contributed by atoms with Crippen LogP contribution in [0.2, 0.25) is 0 Å². The van der Waals surface area contributed by atoms with Crippen molar-refractivity contribution in [1.29, 1.82) is 0 Å². The Hall–Kier alpha value is -4.31. The number of anilines is 1. The first-order valence-corrected chi connectivity index (χ1v) is 11.4. The van der Waals surface area contributed by atoms with E-state index in [-0.39, 0.29) is 17.9 Å². The van der Waals surface area contributed by atoms with Gasteiger partial charge in [-0.3, -0.25) is 4.79 Å². The summed E-state index contributed by atoms with van der Waals surface area (Å²) in [7, 11) is 0. The maximum Gasteiger partial charge on any atom is 0.435 e. The van der Waals surface area contributed by atoms with E-state index in [0.717, 1.165) is 10.2 Å². The molecule has 0 fully saturated rings. The molecule has 4 rings (SSSR count). The highest BCUT2D eigenvalue weighted by Gasteiger charge is 2.36. The summed E-state index contributed by atoms with van der Waals surface area (Å²) in [6.45, 7) is -0.0775. The van der Waals surface area contributed by atoms with Crippen LogP contribution in [0.15, 0.2) is 84.9 Å². The van der Waals surface area contributed by atoms with Gasteiger partial charge in [0.2, 0.25) is 0 Å². The van der Waals surface area contributed by atoms with Gasteiger partial charge in [0.1, 0.15) is 5.69 Å². The fourth-order valence-electron chi connectivity index (χ4n) is 3.64. The van der Waals surface area contributed by atoms with E-state index >= 15 is 0 Å². The zero-order valence-electron chi connectivity index (χ0n) is 19.0. The molecule has 0 spiro atoms. The summed E-state index contributed by atoms with van der Waals surface area (Å²) in [5.74, 6) is -0.819. The van der Waals surface area contributed by atoms with Crippen molar-refractivity contribution < 1.29 is 27.9 Å². The number of nitrogens with zero attached hydrogens (tertiary/aromatic N) is 2. The van der Waals surface area contributed by atoms with Crippen molar-refractivity contribution in [2.24, 2.45) is 0 Å². The first kappa shape index (κ1) is 25.8. The number of carboxylic acid groups (broad SMARTS) is 1. The SMILES string of the molecule is O=C(O)NCc1cccc(-n2nc(C(F)(F)F)cc2C(=O)Nc2cccc(C(Cl)c3ccccc3)c2)c1. The van der Waals surface area contributed by atoms with Crippen LogP contribution in [0.25, 0.3) is 5.69 Å². The number of aromatic nitrogens is 2. The molecule has 11 heteroatoms. The van der Waals surface area contributed by atoms with Crippen LogP contribution < -0.4 is 10.6 Å². The van der Waals surface area contributed by atoms with Gasteiger partial charge in [-0.15, -0.1) is 11.6 Å². The van der Waals surface area contributed by atoms with E-state index in [2.05, 4.69) is 15.7 Å². The lowest BCUT2D eigenvalue weighted by molar-refractivity contribution is -0.141. The van der Waals surface area contributed by atoms with Crippen LogP contribution in [-0.4, -0.2) is 26.9 Å². The Morgan fingerprint density at radius 1 is 0.946 bits per heavy atom. The molecule has 1 unspecified atom stereocenters. The van der Waals surface area contributed by atoms with Gasteiger partial charge < -0.3 is 15.7 Å². The molecule has 1 aromatic heterocycles. The number of nitrogens with one attached hydrogen (secondary N) is 2. The monoisotopic (exact) mass is 528 g/mol. The van der Waals surface area contributed by atoms with E-state index in [0.29, 0.717) is 22.9 Å². The van der Waals surface area contributed by atoms with Gasteiger partial charge in [0.05, 0.1) is 11.1 Å². The van der Waals surface area contributed by atoms with E-state index in [9.17, 15) is 22.8 Å². The van der Waals surface area contributed by atoms with Gasteiger partial charge in [-0.05, 0) is 41.0 Å². The van der Waals surface area contributed by atoms with Crippen LogP contribution in [0.1, 0.15) is 38.2 Å². The number of hydrogen-bond acceptors (Lipinski definition) is 3. The number of rotatable bonds is 7. The van der Waals surface area contributed by atoms with Crippen LogP contribution in [0.4, 0.5) is 23.7 Å². The summed E-state index contributed by atoms with van der Waals surface area (Å²) in [6, 6.07) is 22.7. The fourth-order valence-corrected chi connectivity index (χ4v) is 3.92. The average molecular weight is 529 g/mol. The zero-order chi connectivity index (χ0) is 26.6. The predicted octanol–water partition coefficient (Wildman–Crippen LogP) is 6.24. The van der Waals surface area contributed by atoms with Crippen LogP contribution in [0.5, 0.6) is 0 Å². The number of alkyl halides is 4. The van der Waals surface area contributed by atoms with Gasteiger partial charge in [-0.1, -0.05) is 54.6 Å². The molecule has 0 bridgehead atoms. The summed E-state index contributed by atoms with van der Waals surface area (Å²) >= 11 is 6.58. The number of halogens is 4. The van der Waals surface area contributed by atoms with E-state index in [1.54, 1.807) is 30.3 Å². The molecule has 0 saturated heterocycles. The molecule has 3 aromatic carbocycles. The maximum atomic E-state index is 13.5. The first-order chi connectivity index (χ1) is 17.6. The average Bonchev–Trinajstić information content (AvgIpc) is 3.35. The van der Waals surface area contributed by atoms with Gasteiger partial charge in [0.25, 0.3) is 5.91 Å². The minimum atomic E-state index is -4.79. The second-order valence-electron chi connectivity index (χ2n) is 8.01. The molecule has 3 N–H and O–H groups in total. The van der Waals surface area contributed by atoms with Crippen molar-refractivity contribution in [2.45, 2.75) is 18.1 Å². The number of benzene rings is 3. The van der Waals surface area contributed by atoms with Gasteiger partial charge in [0.15, 0.2) is 5.69 Å². The highest BCUT2D eigenvalue weighted by atomic mass is 35.5. The molecular weight excluding hydrogens is 509 g/mol. The lowest BCUT2D eigenvalue weighted by atomic mass is 10.0. The summed E-state index contributed by atoms with van der Waals surface area (Å²) in [5.41, 5.74) is 0.898. The predicted molar refractivity (Wildman–Crippen MR) is 132 cm³/mol. The third kappa shape index (κ3) is 6.28. The number of carbonyl (C=O) groups excluding carboxylic acids is 1. The molecule has 0 saturated carbocycles. The largest absolute Gasteiger partial charge is 0.465 e. The van der Waals surface area contributed by atoms with Crippen molar-refractivity contribution in [1.82, 2.24) is 15.1 Å². The molecule has 2 amide bonds.